The summed E-state index contributed by atoms with van der Waals surface area (Å²) in [4.78, 5) is 10.3. The molecule has 0 aliphatic heterocycles. The first-order valence-electron chi connectivity index (χ1n) is 7.37. The number of aliphatic hydroxyl groups excluding tert-OH is 1. The molecule has 1 atom stereocenters. The largest absolute Gasteiger partial charge is 0.481 e. The van der Waals surface area contributed by atoms with Gasteiger partial charge in [-0.25, -0.2) is 4.39 Å². The van der Waals surface area contributed by atoms with Crippen LogP contribution < -0.4 is 5.32 Å². The lowest BCUT2D eigenvalue weighted by atomic mass is 10.0. The van der Waals surface area contributed by atoms with Crippen LogP contribution in [0.2, 0.25) is 0 Å². The highest BCUT2D eigenvalue weighted by molar-refractivity contribution is 5.66. The lowest BCUT2D eigenvalue weighted by molar-refractivity contribution is -0.137. The molecular weight excluding hydrogens is 273 g/mol. The van der Waals surface area contributed by atoms with E-state index in [4.69, 9.17) is 5.11 Å². The molecule has 21 heavy (non-hydrogen) atoms. The molecule has 4 nitrogen and oxygen atoms in total. The van der Waals surface area contributed by atoms with Crippen molar-refractivity contribution >= 4 is 5.97 Å². The molecule has 0 aromatic heterocycles. The number of halogens is 1. The molecular formula is C16H24FNO3. The number of benzene rings is 1. The van der Waals surface area contributed by atoms with E-state index in [1.807, 2.05) is 0 Å². The van der Waals surface area contributed by atoms with Crippen molar-refractivity contribution in [1.82, 2.24) is 5.32 Å². The van der Waals surface area contributed by atoms with Crippen LogP contribution in [0, 0.1) is 12.7 Å². The van der Waals surface area contributed by atoms with Gasteiger partial charge in [0, 0.05) is 6.42 Å². The maximum atomic E-state index is 13.1. The predicted molar refractivity (Wildman–Crippen MR) is 79.7 cm³/mol. The van der Waals surface area contributed by atoms with Crippen LogP contribution in [-0.2, 0) is 4.79 Å². The molecule has 3 N–H and O–H groups in total. The van der Waals surface area contributed by atoms with E-state index in [1.54, 1.807) is 19.1 Å². The number of carboxylic acids is 1. The van der Waals surface area contributed by atoms with Crippen molar-refractivity contribution in [3.05, 3.63) is 35.1 Å². The van der Waals surface area contributed by atoms with Gasteiger partial charge in [-0.05, 0) is 56.5 Å². The molecule has 0 saturated carbocycles. The van der Waals surface area contributed by atoms with Gasteiger partial charge < -0.3 is 15.5 Å². The summed E-state index contributed by atoms with van der Waals surface area (Å²) in [5.74, 6) is -1.01. The number of unbranched alkanes of at least 4 members (excludes halogenated alkanes) is 2. The summed E-state index contributed by atoms with van der Waals surface area (Å²) in [5, 5.41) is 21.7. The van der Waals surface area contributed by atoms with E-state index < -0.39 is 12.1 Å². The zero-order valence-corrected chi connectivity index (χ0v) is 12.4. The molecule has 1 unspecified atom stereocenters. The van der Waals surface area contributed by atoms with E-state index in [2.05, 4.69) is 5.32 Å². The number of hydrogen-bond donors (Lipinski definition) is 3. The molecule has 1 aromatic carbocycles. The van der Waals surface area contributed by atoms with Crippen molar-refractivity contribution in [2.24, 2.45) is 0 Å². The van der Waals surface area contributed by atoms with Crippen molar-refractivity contribution < 1.29 is 19.4 Å². The van der Waals surface area contributed by atoms with Gasteiger partial charge >= 0.3 is 5.97 Å². The highest BCUT2D eigenvalue weighted by atomic mass is 19.1. The summed E-state index contributed by atoms with van der Waals surface area (Å²) in [7, 11) is 0. The third-order valence-electron chi connectivity index (χ3n) is 3.41. The number of aliphatic hydroxyl groups is 1. The third kappa shape index (κ3) is 7.20. The van der Waals surface area contributed by atoms with Crippen molar-refractivity contribution in [1.29, 1.82) is 0 Å². The number of carboxylic acid groups (broad SMARTS) is 1. The Balaban J connectivity index is 2.12. The zero-order valence-electron chi connectivity index (χ0n) is 12.4. The summed E-state index contributed by atoms with van der Waals surface area (Å²) in [6, 6.07) is 4.66. The Morgan fingerprint density at radius 3 is 2.71 bits per heavy atom. The van der Waals surface area contributed by atoms with Gasteiger partial charge in [-0.1, -0.05) is 18.6 Å². The maximum Gasteiger partial charge on any atom is 0.303 e. The number of rotatable bonds is 10. The lowest BCUT2D eigenvalue weighted by Gasteiger charge is -2.12. The first kappa shape index (κ1) is 17.6. The second-order valence-electron chi connectivity index (χ2n) is 5.27. The minimum absolute atomic E-state index is 0.225. The third-order valence-corrected chi connectivity index (χ3v) is 3.41. The molecule has 1 rings (SSSR count). The monoisotopic (exact) mass is 297 g/mol. The van der Waals surface area contributed by atoms with Crippen LogP contribution in [0.3, 0.4) is 0 Å². The summed E-state index contributed by atoms with van der Waals surface area (Å²) < 4.78 is 13.1. The predicted octanol–water partition coefficient (Wildman–Crippen LogP) is 2.79. The summed E-state index contributed by atoms with van der Waals surface area (Å²) in [5.41, 5.74) is 1.27. The van der Waals surface area contributed by atoms with Gasteiger partial charge in [-0.2, -0.15) is 0 Å². The van der Waals surface area contributed by atoms with Crippen LogP contribution in [0.25, 0.3) is 0 Å². The molecule has 0 saturated heterocycles. The minimum Gasteiger partial charge on any atom is -0.481 e. The van der Waals surface area contributed by atoms with E-state index in [9.17, 15) is 14.3 Å². The smallest absolute Gasteiger partial charge is 0.303 e. The average Bonchev–Trinajstić information content (AvgIpc) is 2.44. The van der Waals surface area contributed by atoms with E-state index in [1.165, 1.54) is 6.07 Å². The summed E-state index contributed by atoms with van der Waals surface area (Å²) >= 11 is 0. The molecule has 0 aliphatic rings. The Morgan fingerprint density at radius 1 is 1.29 bits per heavy atom. The van der Waals surface area contributed by atoms with Crippen LogP contribution in [0.1, 0.15) is 49.3 Å². The normalized spacial score (nSPS) is 12.3. The van der Waals surface area contributed by atoms with Gasteiger partial charge in [0.1, 0.15) is 5.82 Å². The quantitative estimate of drug-likeness (QED) is 0.581. The molecule has 0 bridgehead atoms. The topological polar surface area (TPSA) is 69.6 Å². The molecule has 0 amide bonds. The van der Waals surface area contributed by atoms with Gasteiger partial charge in [0.25, 0.3) is 0 Å². The molecule has 118 valence electrons. The standard InChI is InChI=1S/C16H24FNO3/c1-12-11-13(6-7-14(12)17)15(19)8-10-18-9-4-2-3-5-16(20)21/h6-7,11,15,18-19H,2-5,8-10H2,1H3,(H,20,21). The Hall–Kier alpha value is -1.46. The molecule has 0 fully saturated rings. The fourth-order valence-corrected chi connectivity index (χ4v) is 2.11. The summed E-state index contributed by atoms with van der Waals surface area (Å²) in [6.07, 6.45) is 2.72. The molecule has 0 radical (unpaired) electrons. The van der Waals surface area contributed by atoms with Crippen molar-refractivity contribution in [2.45, 2.75) is 45.1 Å². The number of hydrogen-bond acceptors (Lipinski definition) is 3. The van der Waals surface area contributed by atoms with Crippen LogP contribution >= 0.6 is 0 Å². The van der Waals surface area contributed by atoms with Crippen molar-refractivity contribution in [3.63, 3.8) is 0 Å². The minimum atomic E-state index is -0.749. The van der Waals surface area contributed by atoms with E-state index in [0.29, 0.717) is 24.9 Å². The first-order valence-corrected chi connectivity index (χ1v) is 7.37. The van der Waals surface area contributed by atoms with Crippen LogP contribution in [0.15, 0.2) is 18.2 Å². The lowest BCUT2D eigenvalue weighted by Crippen LogP contribution is -2.19. The molecule has 0 spiro atoms. The van der Waals surface area contributed by atoms with Crippen molar-refractivity contribution in [3.8, 4) is 0 Å². The number of aryl methyl sites for hydroxylation is 1. The molecule has 1 aromatic rings. The highest BCUT2D eigenvalue weighted by Crippen LogP contribution is 2.18. The van der Waals surface area contributed by atoms with E-state index in [-0.39, 0.29) is 12.2 Å². The number of carbonyl (C=O) groups is 1. The molecule has 5 heteroatoms. The second-order valence-corrected chi connectivity index (χ2v) is 5.27. The second kappa shape index (κ2) is 9.47. The van der Waals surface area contributed by atoms with Gasteiger partial charge in [0.05, 0.1) is 6.10 Å². The van der Waals surface area contributed by atoms with Crippen molar-refractivity contribution in [2.75, 3.05) is 13.1 Å². The Kier molecular flexibility index (Phi) is 7.93. The SMILES string of the molecule is Cc1cc(C(O)CCNCCCCCC(=O)O)ccc1F. The fraction of sp³-hybridized carbons (Fsp3) is 0.562. The Labute approximate surface area is 125 Å². The zero-order chi connectivity index (χ0) is 15.7. The highest BCUT2D eigenvalue weighted by Gasteiger charge is 2.08. The molecule has 0 heterocycles. The Morgan fingerprint density at radius 2 is 2.05 bits per heavy atom. The fourth-order valence-electron chi connectivity index (χ4n) is 2.11. The van der Waals surface area contributed by atoms with E-state index >= 15 is 0 Å². The first-order chi connectivity index (χ1) is 10.0. The molecule has 0 aliphatic carbocycles. The van der Waals surface area contributed by atoms with Gasteiger partial charge in [0.2, 0.25) is 0 Å². The van der Waals surface area contributed by atoms with Crippen LogP contribution in [0.5, 0.6) is 0 Å². The summed E-state index contributed by atoms with van der Waals surface area (Å²) in [6.45, 7) is 3.17. The van der Waals surface area contributed by atoms with Gasteiger partial charge in [-0.3, -0.25) is 4.79 Å². The van der Waals surface area contributed by atoms with Crippen LogP contribution in [0.4, 0.5) is 4.39 Å². The number of nitrogens with one attached hydrogen (secondary N) is 1. The number of aliphatic carboxylic acids is 1. The maximum absolute atomic E-state index is 13.1. The average molecular weight is 297 g/mol. The van der Waals surface area contributed by atoms with Gasteiger partial charge in [-0.15, -0.1) is 0 Å². The van der Waals surface area contributed by atoms with Crippen LogP contribution in [-0.4, -0.2) is 29.3 Å². The van der Waals surface area contributed by atoms with E-state index in [0.717, 1.165) is 24.9 Å². The van der Waals surface area contributed by atoms with Gasteiger partial charge in [0.15, 0.2) is 0 Å². The Bertz CT molecular complexity index is 451.